The van der Waals surface area contributed by atoms with Crippen LogP contribution in [0, 0.1) is 0 Å². The maximum Gasteiger partial charge on any atom is 0.291 e. The Bertz CT molecular complexity index is 1100. The van der Waals surface area contributed by atoms with Gasteiger partial charge < -0.3 is 15.1 Å². The van der Waals surface area contributed by atoms with Crippen LogP contribution >= 0.6 is 11.3 Å². The van der Waals surface area contributed by atoms with Gasteiger partial charge in [0.1, 0.15) is 0 Å². The van der Waals surface area contributed by atoms with Gasteiger partial charge in [0.2, 0.25) is 0 Å². The number of furan rings is 1. The van der Waals surface area contributed by atoms with Crippen molar-refractivity contribution in [2.45, 2.75) is 18.9 Å². The zero-order chi connectivity index (χ0) is 21.6. The maximum absolute atomic E-state index is 12.9. The Labute approximate surface area is 184 Å². The Morgan fingerprint density at radius 3 is 2.03 bits per heavy atom. The number of carbonyl (C=O) groups excluding carboxylic acids is 2. The van der Waals surface area contributed by atoms with Gasteiger partial charge in [-0.15, -0.1) is 11.3 Å². The second-order valence-electron chi connectivity index (χ2n) is 7.16. The zero-order valence-corrected chi connectivity index (χ0v) is 17.8. The van der Waals surface area contributed by atoms with E-state index in [0.29, 0.717) is 9.88 Å². The van der Waals surface area contributed by atoms with Crippen molar-refractivity contribution in [3.63, 3.8) is 0 Å². The molecule has 1 unspecified atom stereocenters. The Balaban J connectivity index is 1.48. The van der Waals surface area contributed by atoms with E-state index in [2.05, 4.69) is 34.9 Å². The largest absolute Gasteiger partial charge is 0.459 e. The van der Waals surface area contributed by atoms with E-state index < -0.39 is 0 Å². The summed E-state index contributed by atoms with van der Waals surface area (Å²) in [6.07, 6.45) is 1.44. The van der Waals surface area contributed by atoms with Crippen LogP contribution in [-0.4, -0.2) is 17.9 Å². The van der Waals surface area contributed by atoms with Gasteiger partial charge >= 0.3 is 0 Å². The molecule has 4 rings (SSSR count). The molecule has 0 saturated heterocycles. The number of hydrogen-bond donors (Lipinski definition) is 2. The first-order valence-corrected chi connectivity index (χ1v) is 10.8. The molecule has 156 valence electrons. The molecule has 5 nitrogen and oxygen atoms in total. The van der Waals surface area contributed by atoms with Gasteiger partial charge in [-0.05, 0) is 42.3 Å². The first-order valence-electron chi connectivity index (χ1n) is 9.97. The molecule has 2 N–H and O–H groups in total. The van der Waals surface area contributed by atoms with Crippen LogP contribution in [0.1, 0.15) is 44.2 Å². The SMILES string of the molecule is CC(NC(=O)c1ccc(NC(=O)c2ccco2)s1)C(c1ccccc1)c1ccccc1. The number of nitrogens with one attached hydrogen (secondary N) is 2. The first kappa shape index (κ1) is 20.6. The predicted octanol–water partition coefficient (Wildman–Crippen LogP) is 5.54. The van der Waals surface area contributed by atoms with E-state index in [1.807, 2.05) is 43.3 Å². The minimum absolute atomic E-state index is 0.0180. The third-order valence-electron chi connectivity index (χ3n) is 4.99. The van der Waals surface area contributed by atoms with Crippen molar-refractivity contribution in [2.75, 3.05) is 5.32 Å². The Morgan fingerprint density at radius 1 is 0.806 bits per heavy atom. The molecule has 6 heteroatoms. The maximum atomic E-state index is 12.9. The minimum Gasteiger partial charge on any atom is -0.459 e. The molecule has 0 fully saturated rings. The van der Waals surface area contributed by atoms with Crippen molar-refractivity contribution in [2.24, 2.45) is 0 Å². The molecule has 0 aliphatic carbocycles. The molecular weight excluding hydrogens is 408 g/mol. The summed E-state index contributed by atoms with van der Waals surface area (Å²) in [4.78, 5) is 25.6. The summed E-state index contributed by atoms with van der Waals surface area (Å²) < 4.78 is 5.10. The molecular formula is C25H22N2O3S. The number of carbonyl (C=O) groups is 2. The van der Waals surface area contributed by atoms with Crippen LogP contribution in [0.2, 0.25) is 0 Å². The van der Waals surface area contributed by atoms with Gasteiger partial charge in [-0.2, -0.15) is 0 Å². The van der Waals surface area contributed by atoms with Gasteiger partial charge in [0.05, 0.1) is 16.1 Å². The van der Waals surface area contributed by atoms with Gasteiger partial charge in [0.25, 0.3) is 11.8 Å². The van der Waals surface area contributed by atoms with Crippen LogP contribution in [0.4, 0.5) is 5.00 Å². The van der Waals surface area contributed by atoms with Gasteiger partial charge in [-0.3, -0.25) is 9.59 Å². The van der Waals surface area contributed by atoms with Gasteiger partial charge in [-0.1, -0.05) is 60.7 Å². The van der Waals surface area contributed by atoms with E-state index >= 15 is 0 Å². The standard InChI is InChI=1S/C25H22N2O3S/c1-17(23(18-9-4-2-5-10-18)19-11-6-3-7-12-19)26-25(29)21-14-15-22(31-21)27-24(28)20-13-8-16-30-20/h2-17,23H,1H3,(H,26,29)(H,27,28). The van der Waals surface area contributed by atoms with Crippen molar-refractivity contribution in [3.05, 3.63) is 113 Å². The summed E-state index contributed by atoms with van der Waals surface area (Å²) in [5.74, 6) is -0.278. The van der Waals surface area contributed by atoms with Crippen LogP contribution in [0.15, 0.2) is 95.6 Å². The molecule has 2 aromatic heterocycles. The molecule has 0 saturated carbocycles. The minimum atomic E-state index is -0.347. The molecule has 2 heterocycles. The van der Waals surface area contributed by atoms with E-state index in [1.54, 1.807) is 24.3 Å². The fourth-order valence-electron chi connectivity index (χ4n) is 3.56. The molecule has 0 spiro atoms. The smallest absolute Gasteiger partial charge is 0.291 e. The number of amides is 2. The second-order valence-corrected chi connectivity index (χ2v) is 8.24. The monoisotopic (exact) mass is 430 g/mol. The summed E-state index contributed by atoms with van der Waals surface area (Å²) in [6, 6.07) is 26.8. The number of hydrogen-bond acceptors (Lipinski definition) is 4. The van der Waals surface area contributed by atoms with E-state index in [1.165, 1.54) is 17.6 Å². The van der Waals surface area contributed by atoms with E-state index in [0.717, 1.165) is 11.1 Å². The highest BCUT2D eigenvalue weighted by atomic mass is 32.1. The first-order chi connectivity index (χ1) is 15.1. The molecule has 0 radical (unpaired) electrons. The molecule has 0 aliphatic heterocycles. The van der Waals surface area contributed by atoms with Crippen molar-refractivity contribution in [1.29, 1.82) is 0 Å². The van der Waals surface area contributed by atoms with Crippen LogP contribution < -0.4 is 10.6 Å². The summed E-state index contributed by atoms with van der Waals surface area (Å²) in [5, 5.41) is 6.47. The highest BCUT2D eigenvalue weighted by Gasteiger charge is 2.24. The van der Waals surface area contributed by atoms with Crippen LogP contribution in [0.5, 0.6) is 0 Å². The van der Waals surface area contributed by atoms with E-state index in [-0.39, 0.29) is 29.5 Å². The van der Waals surface area contributed by atoms with Gasteiger partial charge in [-0.25, -0.2) is 0 Å². The Hall–Kier alpha value is -3.64. The number of benzene rings is 2. The molecule has 4 aromatic rings. The van der Waals surface area contributed by atoms with Crippen molar-refractivity contribution in [1.82, 2.24) is 5.32 Å². The fourth-order valence-corrected chi connectivity index (χ4v) is 4.36. The number of thiophene rings is 1. The van der Waals surface area contributed by atoms with Crippen molar-refractivity contribution < 1.29 is 14.0 Å². The highest BCUT2D eigenvalue weighted by molar-refractivity contribution is 7.18. The summed E-state index contributed by atoms with van der Waals surface area (Å²) in [5.41, 5.74) is 2.28. The molecule has 31 heavy (non-hydrogen) atoms. The molecule has 1 atom stereocenters. The molecule has 0 aliphatic rings. The topological polar surface area (TPSA) is 71.3 Å². The van der Waals surface area contributed by atoms with E-state index in [4.69, 9.17) is 4.42 Å². The third-order valence-corrected chi connectivity index (χ3v) is 5.99. The zero-order valence-electron chi connectivity index (χ0n) is 16.9. The average Bonchev–Trinajstić information content (AvgIpc) is 3.48. The van der Waals surface area contributed by atoms with E-state index in [9.17, 15) is 9.59 Å². The molecule has 2 amide bonds. The quantitative estimate of drug-likeness (QED) is 0.404. The fraction of sp³-hybridized carbons (Fsp3) is 0.120. The Kier molecular flexibility index (Phi) is 6.29. The second kappa shape index (κ2) is 9.45. The lowest BCUT2D eigenvalue weighted by molar-refractivity contribution is 0.0940. The van der Waals surface area contributed by atoms with Gasteiger partial charge in [0, 0.05) is 12.0 Å². The molecule has 2 aromatic carbocycles. The summed E-state index contributed by atoms with van der Waals surface area (Å²) in [6.45, 7) is 2.01. The normalized spacial score (nSPS) is 11.8. The average molecular weight is 431 g/mol. The predicted molar refractivity (Wildman–Crippen MR) is 123 cm³/mol. The summed E-state index contributed by atoms with van der Waals surface area (Å²) in [7, 11) is 0. The van der Waals surface area contributed by atoms with Crippen molar-refractivity contribution in [3.8, 4) is 0 Å². The highest BCUT2D eigenvalue weighted by Crippen LogP contribution is 2.29. The lowest BCUT2D eigenvalue weighted by Gasteiger charge is -2.26. The summed E-state index contributed by atoms with van der Waals surface area (Å²) >= 11 is 1.23. The van der Waals surface area contributed by atoms with Crippen LogP contribution in [-0.2, 0) is 0 Å². The van der Waals surface area contributed by atoms with Crippen LogP contribution in [0.25, 0.3) is 0 Å². The van der Waals surface area contributed by atoms with Crippen molar-refractivity contribution >= 4 is 28.2 Å². The Morgan fingerprint density at radius 2 is 1.45 bits per heavy atom. The van der Waals surface area contributed by atoms with Crippen LogP contribution in [0.3, 0.4) is 0 Å². The molecule has 0 bridgehead atoms. The lowest BCUT2D eigenvalue weighted by Crippen LogP contribution is -2.37. The number of rotatable bonds is 7. The lowest BCUT2D eigenvalue weighted by atomic mass is 9.86. The number of anilines is 1. The third kappa shape index (κ3) is 4.92. The van der Waals surface area contributed by atoms with Gasteiger partial charge in [0.15, 0.2) is 5.76 Å².